The van der Waals surface area contributed by atoms with E-state index in [0.29, 0.717) is 16.7 Å². The zero-order valence-electron chi connectivity index (χ0n) is 15.4. The molecule has 0 N–H and O–H groups in total. The van der Waals surface area contributed by atoms with E-state index in [1.165, 1.54) is 0 Å². The summed E-state index contributed by atoms with van der Waals surface area (Å²) in [6, 6.07) is 10.8. The molecule has 0 saturated carbocycles. The van der Waals surface area contributed by atoms with Gasteiger partial charge in [-0.2, -0.15) is 0 Å². The van der Waals surface area contributed by atoms with Crippen LogP contribution < -0.4 is 0 Å². The van der Waals surface area contributed by atoms with Crippen molar-refractivity contribution in [1.29, 1.82) is 0 Å². The van der Waals surface area contributed by atoms with E-state index in [0.717, 1.165) is 29.4 Å². The van der Waals surface area contributed by atoms with Crippen molar-refractivity contribution in [3.63, 3.8) is 0 Å². The molecule has 1 aromatic carbocycles. The fourth-order valence-corrected chi connectivity index (χ4v) is 2.53. The van der Waals surface area contributed by atoms with Gasteiger partial charge in [-0.05, 0) is 37.5 Å². The number of nitrogens with zero attached hydrogens (tertiary/aromatic N) is 1. The fraction of sp³-hybridized carbons (Fsp3) is 0.174. The standard InChI is InChI=1S/C23H23NO2/c1-4-17(2)21(23(26)22-12-6-5-10-20(22)16-25)13-7-9-18(3)19-11-8-14-24-15-19/h5-16H,4H2,1-3H3/b13-7-,18-9+,21-17-. The number of carbonyl (C=O) groups excluding carboxylic acids is 2. The molecule has 2 aromatic rings. The van der Waals surface area contributed by atoms with Crippen LogP contribution in [0, 0.1) is 0 Å². The van der Waals surface area contributed by atoms with E-state index in [1.807, 2.05) is 51.1 Å². The third kappa shape index (κ3) is 4.73. The number of aromatic nitrogens is 1. The molecule has 0 aliphatic carbocycles. The van der Waals surface area contributed by atoms with Crippen LogP contribution in [0.2, 0.25) is 0 Å². The predicted octanol–water partition coefficient (Wildman–Crippen LogP) is 5.46. The lowest BCUT2D eigenvalue weighted by molar-refractivity contribution is 0.102. The molecule has 0 bridgehead atoms. The summed E-state index contributed by atoms with van der Waals surface area (Å²) in [6.07, 6.45) is 10.7. The molecule has 0 amide bonds. The molecule has 1 heterocycles. The molecular formula is C23H23NO2. The van der Waals surface area contributed by atoms with Crippen molar-refractivity contribution in [2.75, 3.05) is 0 Å². The molecule has 132 valence electrons. The molecule has 1 aromatic heterocycles. The van der Waals surface area contributed by atoms with Crippen LogP contribution in [0.3, 0.4) is 0 Å². The highest BCUT2D eigenvalue weighted by atomic mass is 16.1. The number of allylic oxidation sites excluding steroid dienone is 6. The minimum atomic E-state index is -0.129. The third-order valence-corrected chi connectivity index (χ3v) is 4.29. The molecule has 0 saturated heterocycles. The van der Waals surface area contributed by atoms with Crippen molar-refractivity contribution < 1.29 is 9.59 Å². The SMILES string of the molecule is CC/C(C)=C(/C=C\C=C(/C)c1cccnc1)C(=O)c1ccccc1C=O. The molecule has 0 spiro atoms. The minimum absolute atomic E-state index is 0.129. The maximum atomic E-state index is 13.0. The number of ketones is 1. The Morgan fingerprint density at radius 2 is 1.88 bits per heavy atom. The summed E-state index contributed by atoms with van der Waals surface area (Å²) >= 11 is 0. The summed E-state index contributed by atoms with van der Waals surface area (Å²) in [4.78, 5) is 28.3. The Balaban J connectivity index is 2.35. The van der Waals surface area contributed by atoms with Gasteiger partial charge in [-0.3, -0.25) is 14.6 Å². The quantitative estimate of drug-likeness (QED) is 0.290. The Labute approximate surface area is 154 Å². The maximum absolute atomic E-state index is 13.0. The molecule has 0 radical (unpaired) electrons. The Kier molecular flexibility index (Phi) is 6.98. The zero-order valence-corrected chi connectivity index (χ0v) is 15.4. The average molecular weight is 345 g/mol. The normalized spacial score (nSPS) is 12.8. The van der Waals surface area contributed by atoms with Gasteiger partial charge in [0.15, 0.2) is 12.1 Å². The van der Waals surface area contributed by atoms with Crippen LogP contribution in [0.5, 0.6) is 0 Å². The lowest BCUT2D eigenvalue weighted by Crippen LogP contribution is -2.07. The van der Waals surface area contributed by atoms with Gasteiger partial charge < -0.3 is 0 Å². The Morgan fingerprint density at radius 3 is 2.54 bits per heavy atom. The van der Waals surface area contributed by atoms with Crippen LogP contribution in [0.15, 0.2) is 78.2 Å². The predicted molar refractivity (Wildman–Crippen MR) is 106 cm³/mol. The first-order chi connectivity index (χ1) is 12.6. The highest BCUT2D eigenvalue weighted by Gasteiger charge is 2.15. The number of aldehydes is 1. The monoisotopic (exact) mass is 345 g/mol. The molecule has 3 nitrogen and oxygen atoms in total. The van der Waals surface area contributed by atoms with E-state index in [9.17, 15) is 9.59 Å². The van der Waals surface area contributed by atoms with Gasteiger partial charge in [0.25, 0.3) is 0 Å². The lowest BCUT2D eigenvalue weighted by atomic mass is 9.94. The van der Waals surface area contributed by atoms with Gasteiger partial charge in [0.1, 0.15) is 0 Å². The highest BCUT2D eigenvalue weighted by Crippen LogP contribution is 2.19. The average Bonchev–Trinajstić information content (AvgIpc) is 2.70. The maximum Gasteiger partial charge on any atom is 0.193 e. The van der Waals surface area contributed by atoms with Crippen molar-refractivity contribution in [2.45, 2.75) is 27.2 Å². The van der Waals surface area contributed by atoms with Crippen molar-refractivity contribution in [2.24, 2.45) is 0 Å². The summed E-state index contributed by atoms with van der Waals surface area (Å²) < 4.78 is 0. The van der Waals surface area contributed by atoms with Crippen LogP contribution in [0.4, 0.5) is 0 Å². The first-order valence-corrected chi connectivity index (χ1v) is 8.62. The van der Waals surface area contributed by atoms with Gasteiger partial charge in [0.05, 0.1) is 0 Å². The largest absolute Gasteiger partial charge is 0.298 e. The number of rotatable bonds is 7. The van der Waals surface area contributed by atoms with E-state index in [1.54, 1.807) is 36.7 Å². The van der Waals surface area contributed by atoms with Crippen molar-refractivity contribution in [1.82, 2.24) is 4.98 Å². The van der Waals surface area contributed by atoms with E-state index >= 15 is 0 Å². The van der Waals surface area contributed by atoms with Crippen molar-refractivity contribution in [3.8, 4) is 0 Å². The van der Waals surface area contributed by atoms with E-state index in [2.05, 4.69) is 4.98 Å². The van der Waals surface area contributed by atoms with Gasteiger partial charge in [0, 0.05) is 29.1 Å². The molecule has 2 rings (SSSR count). The molecule has 0 aliphatic heterocycles. The molecule has 0 atom stereocenters. The van der Waals surface area contributed by atoms with E-state index in [4.69, 9.17) is 0 Å². The minimum Gasteiger partial charge on any atom is -0.298 e. The molecule has 0 aliphatic rings. The van der Waals surface area contributed by atoms with E-state index < -0.39 is 0 Å². The van der Waals surface area contributed by atoms with Crippen LogP contribution in [0.25, 0.3) is 5.57 Å². The van der Waals surface area contributed by atoms with Gasteiger partial charge >= 0.3 is 0 Å². The van der Waals surface area contributed by atoms with E-state index in [-0.39, 0.29) is 5.78 Å². The second-order valence-corrected chi connectivity index (χ2v) is 6.03. The molecule has 0 unspecified atom stereocenters. The summed E-state index contributed by atoms with van der Waals surface area (Å²) in [6.45, 7) is 5.96. The van der Waals surface area contributed by atoms with Gasteiger partial charge in [-0.25, -0.2) is 0 Å². The Morgan fingerprint density at radius 1 is 1.12 bits per heavy atom. The number of hydrogen-bond acceptors (Lipinski definition) is 3. The summed E-state index contributed by atoms with van der Waals surface area (Å²) in [5, 5.41) is 0. The Hall–Kier alpha value is -3.07. The zero-order chi connectivity index (χ0) is 18.9. The topological polar surface area (TPSA) is 47.0 Å². The Bertz CT molecular complexity index is 874. The molecule has 3 heteroatoms. The summed E-state index contributed by atoms with van der Waals surface area (Å²) in [5.41, 5.74) is 4.55. The highest BCUT2D eigenvalue weighted by molar-refractivity contribution is 6.14. The van der Waals surface area contributed by atoms with Crippen LogP contribution in [-0.2, 0) is 0 Å². The lowest BCUT2D eigenvalue weighted by Gasteiger charge is -2.08. The van der Waals surface area contributed by atoms with Crippen LogP contribution >= 0.6 is 0 Å². The summed E-state index contributed by atoms with van der Waals surface area (Å²) in [7, 11) is 0. The van der Waals surface area contributed by atoms with Gasteiger partial charge in [0.2, 0.25) is 0 Å². The molecule has 0 fully saturated rings. The molecule has 26 heavy (non-hydrogen) atoms. The van der Waals surface area contributed by atoms with Crippen molar-refractivity contribution >= 4 is 17.6 Å². The number of hydrogen-bond donors (Lipinski definition) is 0. The first kappa shape index (κ1) is 19.3. The van der Waals surface area contributed by atoms with Gasteiger partial charge in [-0.15, -0.1) is 0 Å². The number of pyridine rings is 1. The second-order valence-electron chi connectivity index (χ2n) is 6.03. The fourth-order valence-electron chi connectivity index (χ4n) is 2.53. The summed E-state index contributed by atoms with van der Waals surface area (Å²) in [5.74, 6) is -0.129. The number of carbonyl (C=O) groups is 2. The first-order valence-electron chi connectivity index (χ1n) is 8.62. The van der Waals surface area contributed by atoms with Gasteiger partial charge in [-0.1, -0.05) is 61.1 Å². The van der Waals surface area contributed by atoms with Crippen LogP contribution in [-0.4, -0.2) is 17.1 Å². The molecular weight excluding hydrogens is 322 g/mol. The van der Waals surface area contributed by atoms with Crippen LogP contribution in [0.1, 0.15) is 53.5 Å². The smallest absolute Gasteiger partial charge is 0.193 e. The third-order valence-electron chi connectivity index (χ3n) is 4.29. The van der Waals surface area contributed by atoms with Crippen molar-refractivity contribution in [3.05, 3.63) is 94.9 Å². The number of Topliss-reactive ketones (excluding diaryl/α,β-unsaturated/α-hetero) is 1. The second kappa shape index (κ2) is 9.42. The number of benzene rings is 1.